The number of aromatic nitrogens is 1. The lowest BCUT2D eigenvalue weighted by atomic mass is 9.92. The quantitative estimate of drug-likeness (QED) is 0.830. The van der Waals surface area contributed by atoms with Crippen LogP contribution in [-0.4, -0.2) is 34.8 Å². The van der Waals surface area contributed by atoms with Crippen LogP contribution in [0.2, 0.25) is 0 Å². The molecule has 0 radical (unpaired) electrons. The summed E-state index contributed by atoms with van der Waals surface area (Å²) >= 11 is 1.25. The van der Waals surface area contributed by atoms with E-state index in [2.05, 4.69) is 10.3 Å². The van der Waals surface area contributed by atoms with E-state index in [0.29, 0.717) is 16.4 Å². The van der Waals surface area contributed by atoms with Gasteiger partial charge in [0.05, 0.1) is 12.2 Å². The minimum Gasteiger partial charge on any atom is -0.319 e. The molecule has 7 nitrogen and oxygen atoms in total. The Labute approximate surface area is 153 Å². The number of carbonyl (C=O) groups is 3. The highest BCUT2D eigenvalue weighted by Gasteiger charge is 2.49. The van der Waals surface area contributed by atoms with Gasteiger partial charge in [0.25, 0.3) is 5.91 Å². The maximum Gasteiger partial charge on any atom is 0.325 e. The Hall–Kier alpha value is -2.81. The number of hydrogen-bond donors (Lipinski definition) is 1. The Bertz CT molecular complexity index is 882. The van der Waals surface area contributed by atoms with Crippen molar-refractivity contribution in [2.75, 3.05) is 11.9 Å². The van der Waals surface area contributed by atoms with E-state index in [1.165, 1.54) is 47.4 Å². The van der Waals surface area contributed by atoms with Crippen molar-refractivity contribution in [3.8, 4) is 0 Å². The predicted octanol–water partition coefficient (Wildman–Crippen LogP) is 2.23. The molecule has 0 unspecified atom stereocenters. The Morgan fingerprint density at radius 3 is 2.62 bits per heavy atom. The van der Waals surface area contributed by atoms with Gasteiger partial charge in [0, 0.05) is 19.4 Å². The molecule has 0 spiro atoms. The topological polar surface area (TPSA) is 82.6 Å². The van der Waals surface area contributed by atoms with E-state index in [9.17, 15) is 18.8 Å². The van der Waals surface area contributed by atoms with Crippen molar-refractivity contribution in [2.45, 2.75) is 25.9 Å². The molecule has 0 bridgehead atoms. The van der Waals surface area contributed by atoms with Gasteiger partial charge in [-0.25, -0.2) is 14.2 Å². The van der Waals surface area contributed by atoms with Crippen LogP contribution in [0, 0.1) is 5.82 Å². The van der Waals surface area contributed by atoms with Gasteiger partial charge in [-0.15, -0.1) is 11.3 Å². The largest absolute Gasteiger partial charge is 0.325 e. The second-order valence-electron chi connectivity index (χ2n) is 6.15. The first kappa shape index (κ1) is 18.0. The van der Waals surface area contributed by atoms with E-state index >= 15 is 0 Å². The van der Waals surface area contributed by atoms with Crippen molar-refractivity contribution in [3.05, 3.63) is 46.7 Å². The first-order valence-electron chi connectivity index (χ1n) is 7.81. The zero-order valence-electron chi connectivity index (χ0n) is 14.4. The molecule has 1 fully saturated rings. The van der Waals surface area contributed by atoms with Crippen LogP contribution in [0.15, 0.2) is 29.6 Å². The van der Waals surface area contributed by atoms with E-state index in [4.69, 9.17) is 0 Å². The predicted molar refractivity (Wildman–Crippen MR) is 94.0 cm³/mol. The molecule has 0 saturated carbocycles. The van der Waals surface area contributed by atoms with Gasteiger partial charge in [0.2, 0.25) is 5.91 Å². The molecular weight excluding hydrogens is 359 g/mol. The van der Waals surface area contributed by atoms with Crippen LogP contribution in [-0.2, 0) is 21.7 Å². The third-order valence-corrected chi connectivity index (χ3v) is 5.28. The number of halogens is 1. The fraction of sp³-hybridized carbons (Fsp3) is 0.294. The maximum absolute atomic E-state index is 13.1. The molecule has 1 aromatic carbocycles. The Balaban J connectivity index is 1.81. The Kier molecular flexibility index (Phi) is 4.49. The molecule has 2 aromatic rings. The molecule has 1 saturated heterocycles. The number of rotatable bonds is 4. The molecule has 1 aromatic heterocycles. The molecular formula is C17H17FN4O3S. The number of nitrogens with one attached hydrogen (secondary N) is 1. The van der Waals surface area contributed by atoms with Crippen LogP contribution in [0.25, 0.3) is 0 Å². The van der Waals surface area contributed by atoms with Crippen LogP contribution < -0.4 is 10.2 Å². The minimum atomic E-state index is -1.26. The lowest BCUT2D eigenvalue weighted by molar-refractivity contribution is -0.131. The smallest absolute Gasteiger partial charge is 0.319 e. The van der Waals surface area contributed by atoms with Gasteiger partial charge in [0.1, 0.15) is 11.4 Å². The second kappa shape index (κ2) is 6.49. The summed E-state index contributed by atoms with van der Waals surface area (Å²) in [5, 5.41) is 4.84. The van der Waals surface area contributed by atoms with Crippen LogP contribution in [0.5, 0.6) is 0 Å². The minimum absolute atomic E-state index is 0.0102. The SMILES string of the molecule is CC(=O)N(C)c1nc(CN2C(=O)N[C@](C)(c3ccc(F)cc3)C2=O)cs1. The molecule has 1 atom stereocenters. The number of urea groups is 1. The van der Waals surface area contributed by atoms with E-state index in [1.807, 2.05) is 0 Å². The normalized spacial score (nSPS) is 19.6. The maximum atomic E-state index is 13.1. The summed E-state index contributed by atoms with van der Waals surface area (Å²) in [4.78, 5) is 43.3. The molecule has 9 heteroatoms. The molecule has 1 N–H and O–H groups in total. The first-order chi connectivity index (χ1) is 12.2. The molecule has 1 aliphatic heterocycles. The number of hydrogen-bond acceptors (Lipinski definition) is 5. The standard InChI is InChI=1S/C17H17FN4O3S/c1-10(23)21(3)16-19-13(9-26-16)8-22-14(24)17(2,20-15(22)25)11-4-6-12(18)7-5-11/h4-7,9H,8H2,1-3H3,(H,20,25)/t17-/m1/s1. The van der Waals surface area contributed by atoms with Gasteiger partial charge in [-0.05, 0) is 24.6 Å². The summed E-state index contributed by atoms with van der Waals surface area (Å²) < 4.78 is 13.1. The molecule has 2 heterocycles. The summed E-state index contributed by atoms with van der Waals surface area (Å²) in [6.45, 7) is 2.99. The van der Waals surface area contributed by atoms with Crippen molar-refractivity contribution < 1.29 is 18.8 Å². The number of benzene rings is 1. The Morgan fingerprint density at radius 2 is 2.00 bits per heavy atom. The van der Waals surface area contributed by atoms with Gasteiger partial charge in [-0.3, -0.25) is 19.4 Å². The van der Waals surface area contributed by atoms with E-state index in [-0.39, 0.29) is 12.5 Å². The van der Waals surface area contributed by atoms with Crippen LogP contribution in [0.1, 0.15) is 25.1 Å². The fourth-order valence-corrected chi connectivity index (χ4v) is 3.46. The number of amides is 4. The van der Waals surface area contributed by atoms with Crippen LogP contribution in [0.4, 0.5) is 14.3 Å². The van der Waals surface area contributed by atoms with Gasteiger partial charge in [-0.2, -0.15) is 0 Å². The molecule has 136 valence electrons. The number of anilines is 1. The van der Waals surface area contributed by atoms with Crippen molar-refractivity contribution in [3.63, 3.8) is 0 Å². The van der Waals surface area contributed by atoms with Crippen molar-refractivity contribution in [1.82, 2.24) is 15.2 Å². The highest BCUT2D eigenvalue weighted by Crippen LogP contribution is 2.30. The number of thiazole rings is 1. The summed E-state index contributed by atoms with van der Waals surface area (Å²) in [5.74, 6) is -1.02. The lowest BCUT2D eigenvalue weighted by Gasteiger charge is -2.22. The number of carbonyl (C=O) groups excluding carboxylic acids is 3. The van der Waals surface area contributed by atoms with Crippen molar-refractivity contribution in [1.29, 1.82) is 0 Å². The Morgan fingerprint density at radius 1 is 1.35 bits per heavy atom. The summed E-state index contributed by atoms with van der Waals surface area (Å²) in [5.41, 5.74) is -0.264. The van der Waals surface area contributed by atoms with Gasteiger partial charge in [-0.1, -0.05) is 12.1 Å². The van der Waals surface area contributed by atoms with Crippen molar-refractivity contribution in [2.24, 2.45) is 0 Å². The molecule has 4 amide bonds. The molecule has 1 aliphatic rings. The van der Waals surface area contributed by atoms with E-state index in [1.54, 1.807) is 19.4 Å². The van der Waals surface area contributed by atoms with E-state index in [0.717, 1.165) is 4.90 Å². The molecule has 0 aliphatic carbocycles. The fourth-order valence-electron chi connectivity index (χ4n) is 2.64. The number of imide groups is 1. The lowest BCUT2D eigenvalue weighted by Crippen LogP contribution is -2.40. The number of nitrogens with zero attached hydrogens (tertiary/aromatic N) is 3. The summed E-state index contributed by atoms with van der Waals surface area (Å²) in [6.07, 6.45) is 0. The molecule has 3 rings (SSSR count). The van der Waals surface area contributed by atoms with Crippen LogP contribution >= 0.6 is 11.3 Å². The van der Waals surface area contributed by atoms with Crippen molar-refractivity contribution >= 4 is 34.3 Å². The average Bonchev–Trinajstić information content (AvgIpc) is 3.14. The second-order valence-corrected chi connectivity index (χ2v) is 6.99. The van der Waals surface area contributed by atoms with Gasteiger partial charge in [0.15, 0.2) is 5.13 Å². The third-order valence-electron chi connectivity index (χ3n) is 4.32. The van der Waals surface area contributed by atoms with Gasteiger partial charge < -0.3 is 5.32 Å². The highest BCUT2D eigenvalue weighted by atomic mass is 32.1. The molecule has 26 heavy (non-hydrogen) atoms. The first-order valence-corrected chi connectivity index (χ1v) is 8.69. The van der Waals surface area contributed by atoms with E-state index < -0.39 is 23.3 Å². The average molecular weight is 376 g/mol. The highest BCUT2D eigenvalue weighted by molar-refractivity contribution is 7.14. The monoisotopic (exact) mass is 376 g/mol. The zero-order chi connectivity index (χ0) is 19.1. The zero-order valence-corrected chi connectivity index (χ0v) is 15.3. The summed E-state index contributed by atoms with van der Waals surface area (Å²) in [7, 11) is 1.60. The summed E-state index contributed by atoms with van der Waals surface area (Å²) in [6, 6.07) is 4.88. The van der Waals surface area contributed by atoms with Gasteiger partial charge >= 0.3 is 6.03 Å². The van der Waals surface area contributed by atoms with Crippen LogP contribution in [0.3, 0.4) is 0 Å². The third kappa shape index (κ3) is 3.05.